The molecule has 9 rings (SSSR count). The zero-order valence-corrected chi connectivity index (χ0v) is 57.2. The first-order chi connectivity index (χ1) is 44.0. The first kappa shape index (κ1) is 72.7. The molecule has 4 N–H and O–H groups in total. The highest BCUT2D eigenvalue weighted by Gasteiger charge is 2.18. The van der Waals surface area contributed by atoms with Crippen molar-refractivity contribution >= 4 is 0 Å². The molecule has 91 heavy (non-hydrogen) atoms. The van der Waals surface area contributed by atoms with Gasteiger partial charge in [-0.3, -0.25) is 19.6 Å². The van der Waals surface area contributed by atoms with Gasteiger partial charge in [-0.15, -0.1) is 0 Å². The summed E-state index contributed by atoms with van der Waals surface area (Å²) < 4.78 is 37.4. The molecule has 0 amide bonds. The number of benzene rings is 4. The number of aromatic amines is 2. The molecule has 1 aliphatic rings. The summed E-state index contributed by atoms with van der Waals surface area (Å²) >= 11 is 0. The van der Waals surface area contributed by atoms with Gasteiger partial charge in [0.25, 0.3) is 0 Å². The van der Waals surface area contributed by atoms with E-state index in [2.05, 4.69) is 142 Å². The first-order valence-electron chi connectivity index (χ1n) is 32.6. The van der Waals surface area contributed by atoms with Crippen LogP contribution < -0.4 is 24.7 Å². The summed E-state index contributed by atoms with van der Waals surface area (Å²) in [5, 5.41) is 23.7. The maximum atomic E-state index is 6.04. The van der Waals surface area contributed by atoms with E-state index in [9.17, 15) is 0 Å². The van der Waals surface area contributed by atoms with Crippen molar-refractivity contribution < 1.29 is 28.4 Å². The SMILES string of the molecule is CCCN(C)Cc1cn(C)nc1-c1ccc(OC(C)C)cc1.CCCN(C)Cc1cn[nH]c1-c1ccc(OC2CCOCC2)cc1.CCCN(C)Cc1cnn(C)c1-c1ccc(OC(C)C)cc1.COCCCOc1ccc(-c2[nH]ncc2CN(C)CCN)cc1. The Morgan fingerprint density at radius 1 is 0.560 bits per heavy atom. The zero-order valence-electron chi connectivity index (χ0n) is 57.2. The third-order valence-corrected chi connectivity index (χ3v) is 15.0. The van der Waals surface area contributed by atoms with Crippen molar-refractivity contribution in [3.05, 3.63) is 144 Å². The van der Waals surface area contributed by atoms with E-state index in [0.29, 0.717) is 19.8 Å². The van der Waals surface area contributed by atoms with Crippen LogP contribution >= 0.6 is 0 Å². The van der Waals surface area contributed by atoms with Crippen LogP contribution in [0.4, 0.5) is 0 Å². The van der Waals surface area contributed by atoms with E-state index < -0.39 is 0 Å². The Kier molecular flexibility index (Phi) is 31.3. The molecular weight excluding hydrogens is 1140 g/mol. The minimum atomic E-state index is 0.193. The molecule has 0 atom stereocenters. The number of aromatic nitrogens is 8. The van der Waals surface area contributed by atoms with Crippen molar-refractivity contribution in [2.45, 2.75) is 131 Å². The predicted molar refractivity (Wildman–Crippen MR) is 369 cm³/mol. The quantitative estimate of drug-likeness (QED) is 0.0348. The van der Waals surface area contributed by atoms with Crippen LogP contribution in [0.2, 0.25) is 0 Å². The second-order valence-electron chi connectivity index (χ2n) is 24.2. The molecule has 0 bridgehead atoms. The normalized spacial score (nSPS) is 12.5. The van der Waals surface area contributed by atoms with Crippen molar-refractivity contribution in [1.82, 2.24) is 59.6 Å². The van der Waals surface area contributed by atoms with E-state index in [1.54, 1.807) is 7.11 Å². The maximum absolute atomic E-state index is 6.04. The number of methoxy groups -OCH3 is 1. The van der Waals surface area contributed by atoms with E-state index in [4.69, 9.17) is 34.2 Å². The van der Waals surface area contributed by atoms with Gasteiger partial charge in [0.05, 0.1) is 73.4 Å². The zero-order chi connectivity index (χ0) is 65.5. The minimum Gasteiger partial charge on any atom is -0.494 e. The van der Waals surface area contributed by atoms with E-state index in [0.717, 1.165) is 166 Å². The fraction of sp³-hybridized carbons (Fsp3) is 0.500. The molecule has 19 nitrogen and oxygen atoms in total. The molecule has 0 saturated carbocycles. The van der Waals surface area contributed by atoms with Gasteiger partial charge in [0.15, 0.2) is 0 Å². The van der Waals surface area contributed by atoms with Crippen LogP contribution in [0.1, 0.15) is 109 Å². The van der Waals surface area contributed by atoms with Crippen LogP contribution in [0.25, 0.3) is 45.0 Å². The molecule has 1 saturated heterocycles. The average molecular weight is 1250 g/mol. The van der Waals surface area contributed by atoms with Crippen LogP contribution in [0.3, 0.4) is 0 Å². The number of hydrogen-bond acceptors (Lipinski definition) is 15. The summed E-state index contributed by atoms with van der Waals surface area (Å²) in [7, 11) is 14.2. The van der Waals surface area contributed by atoms with Crippen LogP contribution in [0.15, 0.2) is 122 Å². The molecule has 4 aromatic carbocycles. The van der Waals surface area contributed by atoms with Gasteiger partial charge in [-0.05, 0) is 192 Å². The minimum absolute atomic E-state index is 0.193. The number of likely N-dealkylation sites (N-methyl/N-ethyl adjacent to an activating group) is 1. The second kappa shape index (κ2) is 39.1. The Morgan fingerprint density at radius 3 is 1.49 bits per heavy atom. The molecule has 5 heterocycles. The molecule has 1 fully saturated rings. The lowest BCUT2D eigenvalue weighted by Gasteiger charge is -2.23. The molecule has 1 aliphatic heterocycles. The van der Waals surface area contributed by atoms with Crippen molar-refractivity contribution in [3.8, 4) is 68.0 Å². The number of H-pyrrole nitrogens is 2. The Balaban J connectivity index is 0.000000193. The van der Waals surface area contributed by atoms with Crippen molar-refractivity contribution in [1.29, 1.82) is 0 Å². The number of nitrogens with one attached hydrogen (secondary N) is 2. The molecule has 8 aromatic rings. The summed E-state index contributed by atoms with van der Waals surface area (Å²) in [5.41, 5.74) is 19.4. The van der Waals surface area contributed by atoms with Gasteiger partial charge < -0.3 is 53.8 Å². The van der Waals surface area contributed by atoms with E-state index in [1.807, 2.05) is 130 Å². The number of rotatable bonds is 31. The maximum Gasteiger partial charge on any atom is 0.119 e. The molecular formula is C72H107N13O6. The van der Waals surface area contributed by atoms with Crippen molar-refractivity contribution in [2.24, 2.45) is 19.8 Å². The predicted octanol–water partition coefficient (Wildman–Crippen LogP) is 12.8. The van der Waals surface area contributed by atoms with Gasteiger partial charge in [-0.1, -0.05) is 20.8 Å². The monoisotopic (exact) mass is 1250 g/mol. The van der Waals surface area contributed by atoms with Gasteiger partial charge in [0.2, 0.25) is 0 Å². The Bertz CT molecular complexity index is 3210. The summed E-state index contributed by atoms with van der Waals surface area (Å²) in [4.78, 5) is 9.16. The van der Waals surface area contributed by atoms with Crippen LogP contribution in [-0.2, 0) is 49.7 Å². The standard InChI is InChI=1S/C19H27N3O2.2C18H27N3O.C17H26N4O2/c1-3-10-22(2)14-16-13-20-21-19(16)15-4-6-17(7-5-15)24-18-8-11-23-12-9-18;1-6-11-20(4)12-16-13-21(5)19-18(16)15-7-9-17(10-8-15)22-14(2)3;1-6-11-20(4)13-16-12-19-21(5)18(16)15-7-9-17(10-8-15)22-14(2)3;1-21(9-8-18)13-15-12-19-20-17(15)14-4-6-16(7-5-14)23-11-3-10-22-2/h4-7,13,18H,3,8-12,14H2,1-2H3,(H,20,21);7-10,13-14H,6,11-12H2,1-5H3;7-10,12,14H,6,11,13H2,1-5H3;4-7,12H,3,8-11,13,18H2,1-2H3,(H,19,20). The molecule has 0 unspecified atom stereocenters. The topological polar surface area (TPSA) is 187 Å². The first-order valence-corrected chi connectivity index (χ1v) is 32.6. The lowest BCUT2D eigenvalue weighted by atomic mass is 10.1. The van der Waals surface area contributed by atoms with Gasteiger partial charge in [-0.25, -0.2) is 0 Å². The largest absolute Gasteiger partial charge is 0.494 e. The number of hydrogen-bond donors (Lipinski definition) is 3. The number of ether oxygens (including phenoxy) is 6. The Morgan fingerprint density at radius 2 is 1.01 bits per heavy atom. The fourth-order valence-corrected chi connectivity index (χ4v) is 10.8. The molecule has 0 aliphatic carbocycles. The Hall–Kier alpha value is -7.36. The fourth-order valence-electron chi connectivity index (χ4n) is 10.8. The molecule has 496 valence electrons. The highest BCUT2D eigenvalue weighted by Crippen LogP contribution is 2.30. The lowest BCUT2D eigenvalue weighted by molar-refractivity contribution is 0.0256. The van der Waals surface area contributed by atoms with Crippen LogP contribution in [0.5, 0.6) is 23.0 Å². The van der Waals surface area contributed by atoms with E-state index in [1.165, 1.54) is 27.9 Å². The van der Waals surface area contributed by atoms with Gasteiger partial charge in [-0.2, -0.15) is 20.4 Å². The second-order valence-corrected chi connectivity index (χ2v) is 24.2. The number of aryl methyl sites for hydroxylation is 2. The van der Waals surface area contributed by atoms with Gasteiger partial charge in [0.1, 0.15) is 29.1 Å². The highest BCUT2D eigenvalue weighted by molar-refractivity contribution is 5.66. The lowest BCUT2D eigenvalue weighted by Crippen LogP contribution is -2.25. The van der Waals surface area contributed by atoms with Crippen molar-refractivity contribution in [3.63, 3.8) is 0 Å². The number of nitrogens with two attached hydrogens (primary N) is 1. The van der Waals surface area contributed by atoms with Crippen molar-refractivity contribution in [2.75, 3.05) is 94.5 Å². The smallest absolute Gasteiger partial charge is 0.119 e. The molecule has 19 heteroatoms. The molecule has 4 aromatic heterocycles. The average Bonchev–Trinajstić information content (AvgIpc) is 3.13. The van der Waals surface area contributed by atoms with Gasteiger partial charge >= 0.3 is 0 Å². The van der Waals surface area contributed by atoms with Gasteiger partial charge in [0, 0.05) is 137 Å². The molecule has 0 spiro atoms. The summed E-state index contributed by atoms with van der Waals surface area (Å²) in [6, 6.07) is 32.8. The third-order valence-electron chi connectivity index (χ3n) is 15.0. The number of nitrogens with zero attached hydrogens (tertiary/aromatic N) is 10. The summed E-state index contributed by atoms with van der Waals surface area (Å²) in [6.07, 6.45) is 14.8. The van der Waals surface area contributed by atoms with E-state index >= 15 is 0 Å². The summed E-state index contributed by atoms with van der Waals surface area (Å²) in [5.74, 6) is 3.60. The molecule has 0 radical (unpaired) electrons. The van der Waals surface area contributed by atoms with Crippen LogP contribution in [-0.4, -0.2) is 172 Å². The summed E-state index contributed by atoms with van der Waals surface area (Å²) in [6.45, 7) is 26.1. The van der Waals surface area contributed by atoms with Crippen LogP contribution in [0, 0.1) is 0 Å². The Labute approximate surface area is 543 Å². The third kappa shape index (κ3) is 24.7. The van der Waals surface area contributed by atoms with E-state index in [-0.39, 0.29) is 18.3 Å². The highest BCUT2D eigenvalue weighted by atomic mass is 16.5.